The number of nitrogens with zero attached hydrogens (tertiary/aromatic N) is 2. The molecule has 0 radical (unpaired) electrons. The van der Waals surface area contributed by atoms with Crippen molar-refractivity contribution in [3.8, 4) is 11.3 Å². The molecule has 1 aromatic carbocycles. The zero-order chi connectivity index (χ0) is 17.4. The number of pyridine rings is 1. The lowest BCUT2D eigenvalue weighted by Crippen LogP contribution is -2.24. The number of thiocarbonyl (C=S) groups is 1. The molecule has 0 spiro atoms. The van der Waals surface area contributed by atoms with Crippen LogP contribution in [-0.2, 0) is 0 Å². The molecule has 3 heterocycles. The van der Waals surface area contributed by atoms with Crippen molar-refractivity contribution in [1.29, 1.82) is 0 Å². The fourth-order valence-electron chi connectivity index (χ4n) is 3.10. The second kappa shape index (κ2) is 6.29. The average Bonchev–Trinajstić information content (AvgIpc) is 3.22. The van der Waals surface area contributed by atoms with Crippen molar-refractivity contribution in [3.05, 3.63) is 78.1 Å². The number of hydrogen-bond donors (Lipinski definition) is 1. The molecule has 2 aromatic heterocycles. The summed E-state index contributed by atoms with van der Waals surface area (Å²) in [6, 6.07) is 15.7. The smallest absolute Gasteiger partial charge is 0.170 e. The topological polar surface area (TPSA) is 41.3 Å². The van der Waals surface area contributed by atoms with Crippen LogP contribution in [0.5, 0.6) is 0 Å². The lowest BCUT2D eigenvalue weighted by molar-refractivity contribution is 0.310. The maximum atomic E-state index is 13.1. The number of benzene rings is 1. The largest absolute Gasteiger partial charge is 0.459 e. The van der Waals surface area contributed by atoms with Gasteiger partial charge in [-0.05, 0) is 60.7 Å². The number of hydrogen-bond acceptors (Lipinski definition) is 3. The van der Waals surface area contributed by atoms with Crippen LogP contribution in [0.3, 0.4) is 0 Å². The Morgan fingerprint density at radius 1 is 1.12 bits per heavy atom. The summed E-state index contributed by atoms with van der Waals surface area (Å²) in [5.74, 6) is 1.21. The van der Waals surface area contributed by atoms with Gasteiger partial charge in [-0.2, -0.15) is 0 Å². The van der Waals surface area contributed by atoms with Crippen LogP contribution in [0.1, 0.15) is 23.5 Å². The number of rotatable bonds is 3. The Morgan fingerprint density at radius 2 is 1.92 bits per heavy atom. The van der Waals surface area contributed by atoms with Gasteiger partial charge in [-0.1, -0.05) is 6.07 Å². The van der Waals surface area contributed by atoms with Crippen LogP contribution in [0, 0.1) is 5.82 Å². The monoisotopic (exact) mass is 353 g/mol. The van der Waals surface area contributed by atoms with Crippen LogP contribution in [-0.4, -0.2) is 22.0 Å². The first kappa shape index (κ1) is 15.8. The summed E-state index contributed by atoms with van der Waals surface area (Å²) in [5, 5.41) is 3.96. The first-order valence-corrected chi connectivity index (χ1v) is 8.34. The van der Waals surface area contributed by atoms with E-state index in [0.29, 0.717) is 10.9 Å². The number of nitrogens with one attached hydrogen (secondary N) is 1. The number of halogens is 1. The lowest BCUT2D eigenvalue weighted by Gasteiger charge is -2.21. The van der Waals surface area contributed by atoms with Crippen molar-refractivity contribution in [1.82, 2.24) is 15.2 Å². The predicted octanol–water partition coefficient (Wildman–Crippen LogP) is 4.08. The van der Waals surface area contributed by atoms with E-state index in [9.17, 15) is 4.39 Å². The molecule has 2 atom stereocenters. The molecule has 4 nitrogen and oxygen atoms in total. The number of furan rings is 1. The van der Waals surface area contributed by atoms with Crippen LogP contribution in [0.25, 0.3) is 11.3 Å². The van der Waals surface area contributed by atoms with Crippen molar-refractivity contribution < 1.29 is 8.81 Å². The van der Waals surface area contributed by atoms with Crippen LogP contribution >= 0.6 is 12.2 Å². The third-order valence-corrected chi connectivity index (χ3v) is 4.79. The first-order valence-electron chi connectivity index (χ1n) is 7.93. The summed E-state index contributed by atoms with van der Waals surface area (Å²) >= 11 is 5.41. The zero-order valence-corrected chi connectivity index (χ0v) is 14.3. The van der Waals surface area contributed by atoms with Gasteiger partial charge >= 0.3 is 0 Å². The average molecular weight is 353 g/mol. The molecule has 25 heavy (non-hydrogen) atoms. The van der Waals surface area contributed by atoms with Crippen LogP contribution in [0.2, 0.25) is 0 Å². The maximum absolute atomic E-state index is 13.1. The molecule has 6 heteroatoms. The summed E-state index contributed by atoms with van der Waals surface area (Å²) in [4.78, 5) is 6.42. The molecule has 1 fully saturated rings. The molecule has 0 aliphatic carbocycles. The Hall–Kier alpha value is -2.73. The number of likely N-dealkylation sites (N-methyl/N-ethyl adjacent to an activating group) is 1. The van der Waals surface area contributed by atoms with Crippen LogP contribution < -0.4 is 5.32 Å². The maximum Gasteiger partial charge on any atom is 0.170 e. The normalized spacial score (nSPS) is 19.9. The fourth-order valence-corrected chi connectivity index (χ4v) is 3.34. The van der Waals surface area contributed by atoms with Crippen molar-refractivity contribution in [3.63, 3.8) is 0 Å². The number of aromatic nitrogens is 1. The molecule has 0 bridgehead atoms. The van der Waals surface area contributed by atoms with E-state index in [-0.39, 0.29) is 17.9 Å². The second-order valence-electron chi connectivity index (χ2n) is 5.95. The van der Waals surface area contributed by atoms with Crippen molar-refractivity contribution >= 4 is 17.3 Å². The third-order valence-electron chi connectivity index (χ3n) is 4.39. The van der Waals surface area contributed by atoms with E-state index >= 15 is 0 Å². The highest BCUT2D eigenvalue weighted by molar-refractivity contribution is 7.80. The molecular weight excluding hydrogens is 337 g/mol. The quantitative estimate of drug-likeness (QED) is 0.719. The highest BCUT2D eigenvalue weighted by atomic mass is 32.1. The van der Waals surface area contributed by atoms with Crippen molar-refractivity contribution in [2.24, 2.45) is 0 Å². The van der Waals surface area contributed by atoms with Gasteiger partial charge in [0.25, 0.3) is 0 Å². The van der Waals surface area contributed by atoms with Gasteiger partial charge in [0.05, 0.1) is 11.7 Å². The van der Waals surface area contributed by atoms with Crippen molar-refractivity contribution in [2.45, 2.75) is 12.1 Å². The van der Waals surface area contributed by atoms with E-state index in [1.807, 2.05) is 42.3 Å². The Labute approximate surface area is 150 Å². The van der Waals surface area contributed by atoms with E-state index < -0.39 is 0 Å². The van der Waals surface area contributed by atoms with Gasteiger partial charge < -0.3 is 14.6 Å². The van der Waals surface area contributed by atoms with E-state index in [1.54, 1.807) is 18.3 Å². The molecule has 0 amide bonds. The molecule has 0 saturated carbocycles. The molecule has 1 N–H and O–H groups in total. The van der Waals surface area contributed by atoms with Crippen LogP contribution in [0.15, 0.2) is 65.2 Å². The van der Waals surface area contributed by atoms with E-state index in [4.69, 9.17) is 16.6 Å². The highest BCUT2D eigenvalue weighted by Gasteiger charge is 2.39. The van der Waals surface area contributed by atoms with E-state index in [0.717, 1.165) is 17.0 Å². The van der Waals surface area contributed by atoms with E-state index in [2.05, 4.69) is 10.3 Å². The fraction of sp³-hybridized carbons (Fsp3) is 0.158. The lowest BCUT2D eigenvalue weighted by atomic mass is 10.0. The van der Waals surface area contributed by atoms with Gasteiger partial charge in [-0.3, -0.25) is 4.98 Å². The van der Waals surface area contributed by atoms with Gasteiger partial charge in [-0.15, -0.1) is 0 Å². The van der Waals surface area contributed by atoms with Gasteiger partial charge in [0.1, 0.15) is 23.4 Å². The summed E-state index contributed by atoms with van der Waals surface area (Å²) in [6.45, 7) is 0. The highest BCUT2D eigenvalue weighted by Crippen LogP contribution is 2.39. The minimum absolute atomic E-state index is 0.0917. The Bertz CT molecular complexity index is 895. The minimum atomic E-state index is -0.268. The summed E-state index contributed by atoms with van der Waals surface area (Å²) in [6.07, 6.45) is 1.77. The summed E-state index contributed by atoms with van der Waals surface area (Å²) in [7, 11) is 1.93. The van der Waals surface area contributed by atoms with Crippen molar-refractivity contribution in [2.75, 3.05) is 7.05 Å². The van der Waals surface area contributed by atoms with Gasteiger partial charge in [0.15, 0.2) is 5.11 Å². The first-order chi connectivity index (χ1) is 12.1. The summed E-state index contributed by atoms with van der Waals surface area (Å²) in [5.41, 5.74) is 1.73. The standard InChI is InChI=1S/C19H16FN3OS/c1-23-18(17(22-19(23)25)14-4-2-3-11-21-14)16-10-9-15(24-16)12-5-7-13(20)8-6-12/h2-11,17-18H,1H3,(H,22,25)/t17-,18+/m1/s1. The molecular formula is C19H16FN3OS. The van der Waals surface area contributed by atoms with Crippen LogP contribution in [0.4, 0.5) is 4.39 Å². The van der Waals surface area contributed by atoms with Gasteiger partial charge in [0.2, 0.25) is 0 Å². The molecule has 126 valence electrons. The van der Waals surface area contributed by atoms with E-state index in [1.165, 1.54) is 12.1 Å². The van der Waals surface area contributed by atoms with Gasteiger partial charge in [-0.25, -0.2) is 4.39 Å². The minimum Gasteiger partial charge on any atom is -0.459 e. The Balaban J connectivity index is 1.69. The Kier molecular flexibility index (Phi) is 3.97. The Morgan fingerprint density at radius 3 is 2.64 bits per heavy atom. The molecule has 3 aromatic rings. The second-order valence-corrected chi connectivity index (χ2v) is 6.33. The molecule has 0 unspecified atom stereocenters. The zero-order valence-electron chi connectivity index (χ0n) is 13.5. The SMILES string of the molecule is CN1C(=S)N[C@H](c2ccccn2)[C@@H]1c1ccc(-c2ccc(F)cc2)o1. The molecule has 1 aliphatic rings. The van der Waals surface area contributed by atoms with Gasteiger partial charge in [0, 0.05) is 18.8 Å². The molecule has 1 aliphatic heterocycles. The molecule has 1 saturated heterocycles. The summed E-state index contributed by atoms with van der Waals surface area (Å²) < 4.78 is 19.2. The third kappa shape index (κ3) is 2.89. The predicted molar refractivity (Wildman–Crippen MR) is 97.3 cm³/mol. The molecule has 4 rings (SSSR count).